The summed E-state index contributed by atoms with van der Waals surface area (Å²) in [7, 11) is 0. The molecule has 0 bridgehead atoms. The van der Waals surface area contributed by atoms with Crippen molar-refractivity contribution < 1.29 is 22.7 Å². The number of likely N-dealkylation sites (tertiary alicyclic amines) is 1. The molecule has 2 aliphatic rings. The summed E-state index contributed by atoms with van der Waals surface area (Å²) in [6.07, 6.45) is -4.13. The van der Waals surface area contributed by atoms with Crippen LogP contribution in [0.15, 0.2) is 54.6 Å². The first-order valence-corrected chi connectivity index (χ1v) is 11.5. The van der Waals surface area contributed by atoms with Crippen molar-refractivity contribution in [3.63, 3.8) is 0 Å². The molecule has 0 aliphatic carbocycles. The fourth-order valence-electron chi connectivity index (χ4n) is 4.52. The van der Waals surface area contributed by atoms with Gasteiger partial charge in [0, 0.05) is 29.8 Å². The second kappa shape index (κ2) is 10.3. The van der Waals surface area contributed by atoms with E-state index in [9.17, 15) is 18.0 Å². The third-order valence-corrected chi connectivity index (χ3v) is 6.49. The molecule has 2 fully saturated rings. The Morgan fingerprint density at radius 3 is 2.33 bits per heavy atom. The highest BCUT2D eigenvalue weighted by molar-refractivity contribution is 6.30. The first kappa shape index (κ1) is 23.9. The Morgan fingerprint density at radius 2 is 1.70 bits per heavy atom. The number of piperidine rings is 1. The molecule has 0 amide bonds. The van der Waals surface area contributed by atoms with E-state index in [0.29, 0.717) is 11.6 Å². The average Bonchev–Trinajstić information content (AvgIpc) is 3.19. The molecule has 0 spiro atoms. The Kier molecular flexibility index (Phi) is 7.46. The van der Waals surface area contributed by atoms with Crippen LogP contribution < -0.4 is 10.2 Å². The van der Waals surface area contributed by atoms with Crippen molar-refractivity contribution in [1.82, 2.24) is 10.2 Å². The largest absolute Gasteiger partial charge is 0.490 e. The summed E-state index contributed by atoms with van der Waals surface area (Å²) in [6, 6.07) is 17.0. The SMILES string of the molecule is O=C(OC1CN(c2ccccc2)CC1NC1CCN(Cc2ccc(Cl)cc2)CC1)C(F)(F)F. The van der Waals surface area contributed by atoms with Crippen molar-refractivity contribution in [2.45, 2.75) is 43.8 Å². The molecule has 4 rings (SSSR count). The summed E-state index contributed by atoms with van der Waals surface area (Å²) in [6.45, 7) is 3.29. The van der Waals surface area contributed by atoms with Crippen LogP contribution in [0.25, 0.3) is 0 Å². The number of rotatable bonds is 6. The van der Waals surface area contributed by atoms with Crippen molar-refractivity contribution >= 4 is 23.3 Å². The molecule has 1 N–H and O–H groups in total. The van der Waals surface area contributed by atoms with Gasteiger partial charge in [-0.15, -0.1) is 0 Å². The monoisotopic (exact) mass is 481 g/mol. The standard InChI is InChI=1S/C24H27ClF3N3O2/c25-18-8-6-17(7-9-18)14-30-12-10-19(11-13-30)29-21-15-31(20-4-2-1-3-5-20)16-22(21)33-23(32)24(26,27)28/h1-9,19,21-22,29H,10-16H2. The van der Waals surface area contributed by atoms with Gasteiger partial charge in [0.1, 0.15) is 6.10 Å². The smallest absolute Gasteiger partial charge is 0.452 e. The van der Waals surface area contributed by atoms with E-state index in [1.807, 2.05) is 59.5 Å². The normalized spacial score (nSPS) is 22.5. The molecule has 2 heterocycles. The second-order valence-corrected chi connectivity index (χ2v) is 9.07. The van der Waals surface area contributed by atoms with Crippen LogP contribution in [0.3, 0.4) is 0 Å². The van der Waals surface area contributed by atoms with E-state index in [4.69, 9.17) is 16.3 Å². The van der Waals surface area contributed by atoms with Crippen LogP contribution in [0.2, 0.25) is 5.02 Å². The molecule has 2 atom stereocenters. The Bertz CT molecular complexity index is 919. The van der Waals surface area contributed by atoms with E-state index < -0.39 is 18.2 Å². The van der Waals surface area contributed by atoms with Gasteiger partial charge in [-0.1, -0.05) is 41.9 Å². The van der Waals surface area contributed by atoms with E-state index in [1.165, 1.54) is 5.56 Å². The van der Waals surface area contributed by atoms with Crippen LogP contribution >= 0.6 is 11.6 Å². The third-order valence-electron chi connectivity index (χ3n) is 6.23. The zero-order valence-electron chi connectivity index (χ0n) is 18.1. The quantitative estimate of drug-likeness (QED) is 0.625. The average molecular weight is 482 g/mol. The van der Waals surface area contributed by atoms with Gasteiger partial charge in [-0.25, -0.2) is 4.79 Å². The van der Waals surface area contributed by atoms with Crippen molar-refractivity contribution in [1.29, 1.82) is 0 Å². The first-order chi connectivity index (χ1) is 15.8. The maximum atomic E-state index is 12.8. The number of alkyl halides is 3. The minimum atomic E-state index is -5.00. The van der Waals surface area contributed by atoms with E-state index in [0.717, 1.165) is 38.2 Å². The highest BCUT2D eigenvalue weighted by Gasteiger charge is 2.45. The number of nitrogens with zero attached hydrogens (tertiary/aromatic N) is 2. The molecule has 2 aliphatic heterocycles. The van der Waals surface area contributed by atoms with Crippen LogP contribution in [0, 0.1) is 0 Å². The zero-order valence-corrected chi connectivity index (χ0v) is 18.9. The predicted octanol–water partition coefficient (Wildman–Crippen LogP) is 4.26. The fourth-order valence-corrected chi connectivity index (χ4v) is 4.64. The van der Waals surface area contributed by atoms with Crippen molar-refractivity contribution in [3.05, 3.63) is 65.2 Å². The van der Waals surface area contributed by atoms with Gasteiger partial charge in [-0.05, 0) is 55.8 Å². The number of hydrogen-bond acceptors (Lipinski definition) is 5. The molecular weight excluding hydrogens is 455 g/mol. The molecule has 5 nitrogen and oxygen atoms in total. The number of carbonyl (C=O) groups excluding carboxylic acids is 1. The molecule has 0 saturated carbocycles. The van der Waals surface area contributed by atoms with Crippen LogP contribution in [0.5, 0.6) is 0 Å². The van der Waals surface area contributed by atoms with Gasteiger partial charge in [-0.3, -0.25) is 4.90 Å². The van der Waals surface area contributed by atoms with Gasteiger partial charge in [0.05, 0.1) is 12.6 Å². The molecule has 2 aromatic carbocycles. The lowest BCUT2D eigenvalue weighted by Gasteiger charge is -2.34. The summed E-state index contributed by atoms with van der Waals surface area (Å²) in [5.74, 6) is -2.13. The zero-order chi connectivity index (χ0) is 23.4. The molecule has 33 heavy (non-hydrogen) atoms. The maximum Gasteiger partial charge on any atom is 0.490 e. The molecule has 2 aromatic rings. The molecular formula is C24H27ClF3N3O2. The number of halogens is 4. The Labute approximate surface area is 196 Å². The van der Waals surface area contributed by atoms with Crippen LogP contribution in [-0.4, -0.2) is 61.4 Å². The number of esters is 1. The lowest BCUT2D eigenvalue weighted by atomic mass is 10.0. The summed E-state index contributed by atoms with van der Waals surface area (Å²) in [4.78, 5) is 15.8. The minimum Gasteiger partial charge on any atom is -0.452 e. The Morgan fingerprint density at radius 1 is 1.03 bits per heavy atom. The highest BCUT2D eigenvalue weighted by Crippen LogP contribution is 2.26. The molecule has 9 heteroatoms. The maximum absolute atomic E-state index is 12.8. The van der Waals surface area contributed by atoms with Crippen molar-refractivity contribution in [2.75, 3.05) is 31.1 Å². The number of nitrogens with one attached hydrogen (secondary N) is 1. The van der Waals surface area contributed by atoms with Crippen molar-refractivity contribution in [3.8, 4) is 0 Å². The number of anilines is 1. The third kappa shape index (κ3) is 6.40. The highest BCUT2D eigenvalue weighted by atomic mass is 35.5. The number of para-hydroxylation sites is 1. The van der Waals surface area contributed by atoms with E-state index >= 15 is 0 Å². The molecule has 0 radical (unpaired) electrons. The van der Waals surface area contributed by atoms with E-state index in [1.54, 1.807) is 0 Å². The van der Waals surface area contributed by atoms with Crippen LogP contribution in [0.1, 0.15) is 18.4 Å². The number of benzene rings is 2. The lowest BCUT2D eigenvalue weighted by molar-refractivity contribution is -0.204. The summed E-state index contributed by atoms with van der Waals surface area (Å²) in [5.41, 5.74) is 2.09. The fraction of sp³-hybridized carbons (Fsp3) is 0.458. The van der Waals surface area contributed by atoms with Gasteiger partial charge < -0.3 is 15.0 Å². The van der Waals surface area contributed by atoms with E-state index in [-0.39, 0.29) is 18.6 Å². The number of hydrogen-bond donors (Lipinski definition) is 1. The van der Waals surface area contributed by atoms with Crippen molar-refractivity contribution in [2.24, 2.45) is 0 Å². The molecule has 178 valence electrons. The first-order valence-electron chi connectivity index (χ1n) is 11.1. The van der Waals surface area contributed by atoms with Gasteiger partial charge in [0.25, 0.3) is 0 Å². The Balaban J connectivity index is 1.35. The summed E-state index contributed by atoms with van der Waals surface area (Å²) >= 11 is 5.95. The van der Waals surface area contributed by atoms with Crippen LogP contribution in [-0.2, 0) is 16.1 Å². The van der Waals surface area contributed by atoms with Gasteiger partial charge >= 0.3 is 12.1 Å². The molecule has 2 saturated heterocycles. The summed E-state index contributed by atoms with van der Waals surface area (Å²) < 4.78 is 43.4. The number of carbonyl (C=O) groups is 1. The summed E-state index contributed by atoms with van der Waals surface area (Å²) in [5, 5.41) is 4.20. The van der Waals surface area contributed by atoms with E-state index in [2.05, 4.69) is 10.2 Å². The van der Waals surface area contributed by atoms with Gasteiger partial charge in [0.15, 0.2) is 0 Å². The van der Waals surface area contributed by atoms with Crippen LogP contribution in [0.4, 0.5) is 18.9 Å². The van der Waals surface area contributed by atoms with Gasteiger partial charge in [-0.2, -0.15) is 13.2 Å². The second-order valence-electron chi connectivity index (χ2n) is 8.63. The predicted molar refractivity (Wildman–Crippen MR) is 121 cm³/mol. The number of ether oxygens (including phenoxy) is 1. The lowest BCUT2D eigenvalue weighted by Crippen LogP contribution is -2.51. The topological polar surface area (TPSA) is 44.8 Å². The Hall–Kier alpha value is -2.29. The molecule has 2 unspecified atom stereocenters. The molecule has 0 aromatic heterocycles. The minimum absolute atomic E-state index is 0.152. The van der Waals surface area contributed by atoms with Gasteiger partial charge in [0.2, 0.25) is 0 Å².